The number of benzene rings is 2. The number of amidine groups is 1. The Balaban J connectivity index is 1.86. The first-order valence-electron chi connectivity index (χ1n) is 8.42. The van der Waals surface area contributed by atoms with Crippen molar-refractivity contribution in [1.82, 2.24) is 4.98 Å². The fraction of sp³-hybridized carbons (Fsp3) is 0. The molecule has 0 aliphatic carbocycles. The van der Waals surface area contributed by atoms with Crippen LogP contribution in [-0.4, -0.2) is 22.6 Å². The number of rotatable bonds is 5. The first-order chi connectivity index (χ1) is 14.2. The summed E-state index contributed by atoms with van der Waals surface area (Å²) in [7, 11) is 0. The van der Waals surface area contributed by atoms with Gasteiger partial charge in [-0.3, -0.25) is 15.0 Å². The molecule has 1 aromatic heterocycles. The van der Waals surface area contributed by atoms with Gasteiger partial charge in [0, 0.05) is 16.2 Å². The summed E-state index contributed by atoms with van der Waals surface area (Å²) in [4.78, 5) is 29.1. The molecule has 7 nitrogen and oxygen atoms in total. The average molecular weight is 474 g/mol. The molecule has 0 spiro atoms. The molecule has 0 bridgehead atoms. The van der Waals surface area contributed by atoms with Crippen LogP contribution in [-0.2, 0) is 0 Å². The summed E-state index contributed by atoms with van der Waals surface area (Å²) in [6, 6.07) is 9.82. The molecule has 0 fully saturated rings. The number of amides is 2. The van der Waals surface area contributed by atoms with E-state index in [1.807, 2.05) is 0 Å². The predicted molar refractivity (Wildman–Crippen MR) is 112 cm³/mol. The Labute approximate surface area is 178 Å². The molecule has 0 aliphatic rings. The van der Waals surface area contributed by atoms with Crippen LogP contribution in [0.2, 0.25) is 0 Å². The minimum absolute atomic E-state index is 0.0222. The Hall–Kier alpha value is -3.66. The van der Waals surface area contributed by atoms with Crippen molar-refractivity contribution < 1.29 is 18.4 Å². The van der Waals surface area contributed by atoms with E-state index in [2.05, 4.69) is 31.5 Å². The van der Waals surface area contributed by atoms with Gasteiger partial charge in [-0.25, -0.2) is 13.8 Å². The molecule has 152 valence electrons. The zero-order valence-electron chi connectivity index (χ0n) is 15.2. The number of nitrogen functional groups attached to an aromatic ring is 1. The van der Waals surface area contributed by atoms with E-state index in [1.54, 1.807) is 6.07 Å². The van der Waals surface area contributed by atoms with Crippen molar-refractivity contribution >= 4 is 45.1 Å². The number of pyridine rings is 1. The Kier molecular flexibility index (Phi) is 6.17. The zero-order chi connectivity index (χ0) is 21.8. The van der Waals surface area contributed by atoms with Gasteiger partial charge in [-0.05, 0) is 58.4 Å². The number of hydrogen-bond acceptors (Lipinski definition) is 4. The molecule has 0 saturated carbocycles. The molecule has 3 aromatic rings. The van der Waals surface area contributed by atoms with Crippen LogP contribution in [0.4, 0.5) is 20.3 Å². The Bertz CT molecular complexity index is 1150. The summed E-state index contributed by atoms with van der Waals surface area (Å²) in [6.45, 7) is 0. The van der Waals surface area contributed by atoms with Crippen molar-refractivity contribution in [3.05, 3.63) is 87.5 Å². The van der Waals surface area contributed by atoms with Gasteiger partial charge in [0.15, 0.2) is 0 Å². The maximum atomic E-state index is 14.2. The fourth-order valence-corrected chi connectivity index (χ4v) is 2.74. The zero-order valence-corrected chi connectivity index (χ0v) is 16.8. The van der Waals surface area contributed by atoms with E-state index in [-0.39, 0.29) is 34.0 Å². The number of halogens is 3. The molecule has 2 amide bonds. The van der Waals surface area contributed by atoms with Gasteiger partial charge in [-0.2, -0.15) is 0 Å². The molecule has 0 radical (unpaired) electrons. The van der Waals surface area contributed by atoms with Gasteiger partial charge in [-0.1, -0.05) is 6.07 Å². The van der Waals surface area contributed by atoms with Crippen LogP contribution in [0.15, 0.2) is 59.2 Å². The largest absolute Gasteiger partial charge is 0.384 e. The number of hydrogen-bond donors (Lipinski definition) is 4. The van der Waals surface area contributed by atoms with Crippen LogP contribution >= 0.6 is 15.9 Å². The highest BCUT2D eigenvalue weighted by atomic mass is 79.9. The second-order valence-electron chi connectivity index (χ2n) is 6.07. The van der Waals surface area contributed by atoms with Gasteiger partial charge in [0.05, 0.1) is 16.8 Å². The molecule has 2 aromatic carbocycles. The first-order valence-corrected chi connectivity index (χ1v) is 9.21. The monoisotopic (exact) mass is 473 g/mol. The smallest absolute Gasteiger partial charge is 0.259 e. The number of carbonyl (C=O) groups is 2. The second kappa shape index (κ2) is 8.78. The maximum absolute atomic E-state index is 14.2. The van der Waals surface area contributed by atoms with Crippen molar-refractivity contribution in [1.29, 1.82) is 5.41 Å². The van der Waals surface area contributed by atoms with Gasteiger partial charge in [-0.15, -0.1) is 0 Å². The maximum Gasteiger partial charge on any atom is 0.259 e. The topological polar surface area (TPSA) is 121 Å². The lowest BCUT2D eigenvalue weighted by Crippen LogP contribution is -2.20. The lowest BCUT2D eigenvalue weighted by molar-refractivity contribution is 0.102. The summed E-state index contributed by atoms with van der Waals surface area (Å²) < 4.78 is 28.7. The number of nitrogens with zero attached hydrogens (tertiary/aromatic N) is 1. The van der Waals surface area contributed by atoms with Crippen LogP contribution in [0.5, 0.6) is 0 Å². The number of nitrogens with two attached hydrogens (primary N) is 1. The Morgan fingerprint density at radius 1 is 0.967 bits per heavy atom. The van der Waals surface area contributed by atoms with Gasteiger partial charge in [0.2, 0.25) is 0 Å². The van der Waals surface area contributed by atoms with Gasteiger partial charge in [0.1, 0.15) is 23.3 Å². The summed E-state index contributed by atoms with van der Waals surface area (Å²) in [5, 5.41) is 12.2. The average Bonchev–Trinajstić information content (AvgIpc) is 2.70. The van der Waals surface area contributed by atoms with E-state index in [0.29, 0.717) is 4.47 Å². The van der Waals surface area contributed by atoms with E-state index >= 15 is 0 Å². The summed E-state index contributed by atoms with van der Waals surface area (Å²) in [5.74, 6) is -3.29. The van der Waals surface area contributed by atoms with Crippen LogP contribution in [0.3, 0.4) is 0 Å². The van der Waals surface area contributed by atoms with E-state index in [9.17, 15) is 18.4 Å². The minimum Gasteiger partial charge on any atom is -0.384 e. The standard InChI is InChI=1S/C20H14BrF2N5O2/c21-11-2-6-17(26-9-11)28-20(30)14-8-12(22)3-5-16(14)27-19(29)13-4-1-10(18(24)25)7-15(13)23/h1-9H,(H3,24,25)(H,27,29)(H,26,28,30). The predicted octanol–water partition coefficient (Wildman–Crippen LogP) is 3.91. The molecule has 0 saturated heterocycles. The number of anilines is 2. The van der Waals surface area contributed by atoms with E-state index in [1.165, 1.54) is 24.4 Å². The van der Waals surface area contributed by atoms with E-state index in [4.69, 9.17) is 11.1 Å². The van der Waals surface area contributed by atoms with Gasteiger partial charge >= 0.3 is 0 Å². The van der Waals surface area contributed by atoms with Crippen LogP contribution in [0.25, 0.3) is 0 Å². The van der Waals surface area contributed by atoms with Crippen LogP contribution in [0.1, 0.15) is 26.3 Å². The van der Waals surface area contributed by atoms with Gasteiger partial charge in [0.25, 0.3) is 11.8 Å². The molecular weight excluding hydrogens is 460 g/mol. The highest BCUT2D eigenvalue weighted by Crippen LogP contribution is 2.21. The summed E-state index contributed by atoms with van der Waals surface area (Å²) in [6.07, 6.45) is 1.47. The molecule has 5 N–H and O–H groups in total. The van der Waals surface area contributed by atoms with Crippen molar-refractivity contribution in [2.45, 2.75) is 0 Å². The van der Waals surface area contributed by atoms with Crippen molar-refractivity contribution in [2.75, 3.05) is 10.6 Å². The molecule has 0 aliphatic heterocycles. The molecule has 10 heteroatoms. The van der Waals surface area contributed by atoms with E-state index < -0.39 is 23.4 Å². The fourth-order valence-electron chi connectivity index (χ4n) is 2.50. The normalized spacial score (nSPS) is 10.4. The highest BCUT2D eigenvalue weighted by Gasteiger charge is 2.18. The molecule has 0 atom stereocenters. The van der Waals surface area contributed by atoms with Gasteiger partial charge < -0.3 is 16.4 Å². The second-order valence-corrected chi connectivity index (χ2v) is 6.98. The summed E-state index contributed by atoms with van der Waals surface area (Å²) in [5.41, 5.74) is 4.90. The van der Waals surface area contributed by atoms with Crippen molar-refractivity contribution in [3.63, 3.8) is 0 Å². The minimum atomic E-state index is -0.896. The van der Waals surface area contributed by atoms with E-state index in [0.717, 1.165) is 24.3 Å². The third-order valence-electron chi connectivity index (χ3n) is 3.97. The number of aromatic nitrogens is 1. The quantitative estimate of drug-likeness (QED) is 0.331. The number of nitrogens with one attached hydrogen (secondary N) is 3. The Morgan fingerprint density at radius 3 is 2.33 bits per heavy atom. The lowest BCUT2D eigenvalue weighted by atomic mass is 10.1. The molecule has 0 unspecified atom stereocenters. The third-order valence-corrected chi connectivity index (χ3v) is 4.44. The molecule has 1 heterocycles. The Morgan fingerprint density at radius 2 is 1.70 bits per heavy atom. The lowest BCUT2D eigenvalue weighted by Gasteiger charge is -2.12. The van der Waals surface area contributed by atoms with Crippen LogP contribution < -0.4 is 16.4 Å². The van der Waals surface area contributed by atoms with Crippen molar-refractivity contribution in [3.8, 4) is 0 Å². The third kappa shape index (κ3) is 4.84. The first kappa shape index (κ1) is 21.1. The number of carbonyl (C=O) groups excluding carboxylic acids is 2. The molecule has 30 heavy (non-hydrogen) atoms. The summed E-state index contributed by atoms with van der Waals surface area (Å²) >= 11 is 3.22. The SMILES string of the molecule is N=C(N)c1ccc(C(=O)Nc2ccc(F)cc2C(=O)Nc2ccc(Br)cn2)c(F)c1. The van der Waals surface area contributed by atoms with Crippen LogP contribution in [0, 0.1) is 17.0 Å². The van der Waals surface area contributed by atoms with Crippen molar-refractivity contribution in [2.24, 2.45) is 5.73 Å². The molecule has 3 rings (SSSR count). The highest BCUT2D eigenvalue weighted by molar-refractivity contribution is 9.10. The molecular formula is C20H14BrF2N5O2.